The van der Waals surface area contributed by atoms with Crippen molar-refractivity contribution in [2.45, 2.75) is 38.1 Å². The molecule has 5 nitrogen and oxygen atoms in total. The molecule has 2 fully saturated rings. The highest BCUT2D eigenvalue weighted by Crippen LogP contribution is 2.30. The highest BCUT2D eigenvalue weighted by molar-refractivity contribution is 7.20. The van der Waals surface area contributed by atoms with Crippen molar-refractivity contribution < 1.29 is 0 Å². The van der Waals surface area contributed by atoms with Gasteiger partial charge >= 0.3 is 0 Å². The van der Waals surface area contributed by atoms with E-state index in [2.05, 4.69) is 9.80 Å². The molecule has 1 aromatic carbocycles. The predicted octanol–water partition coefficient (Wildman–Crippen LogP) is 4.57. The molecule has 0 N–H and O–H groups in total. The highest BCUT2D eigenvalue weighted by Gasteiger charge is 2.26. The Morgan fingerprint density at radius 1 is 0.963 bits per heavy atom. The number of anilines is 1. The number of hydrogen-bond donors (Lipinski definition) is 0. The third-order valence-corrected chi connectivity index (χ3v) is 7.03. The van der Waals surface area contributed by atoms with Crippen LogP contribution in [0.5, 0.6) is 0 Å². The van der Waals surface area contributed by atoms with Gasteiger partial charge in [-0.2, -0.15) is 0 Å². The molecule has 2 saturated heterocycles. The summed E-state index contributed by atoms with van der Waals surface area (Å²) in [6.07, 6.45) is 8.58. The van der Waals surface area contributed by atoms with E-state index in [1.807, 2.05) is 35.0 Å². The quantitative estimate of drug-likeness (QED) is 0.644. The topological polar surface area (TPSA) is 36.7 Å². The summed E-state index contributed by atoms with van der Waals surface area (Å²) >= 11 is 7.68. The average molecular weight is 402 g/mol. The van der Waals surface area contributed by atoms with E-state index in [1.165, 1.54) is 45.2 Å². The predicted molar refractivity (Wildman–Crippen MR) is 112 cm³/mol. The highest BCUT2D eigenvalue weighted by atomic mass is 35.5. The number of aromatic nitrogens is 3. The van der Waals surface area contributed by atoms with Crippen LogP contribution < -0.4 is 4.90 Å². The van der Waals surface area contributed by atoms with Gasteiger partial charge in [-0.25, -0.2) is 9.50 Å². The van der Waals surface area contributed by atoms with Crippen molar-refractivity contribution in [3.63, 3.8) is 0 Å². The number of halogens is 1. The molecule has 7 heteroatoms. The van der Waals surface area contributed by atoms with Crippen molar-refractivity contribution in [2.24, 2.45) is 0 Å². The Labute approximate surface area is 168 Å². The summed E-state index contributed by atoms with van der Waals surface area (Å²) in [5, 5.41) is 6.67. The summed E-state index contributed by atoms with van der Waals surface area (Å²) in [7, 11) is 0. The van der Waals surface area contributed by atoms with Gasteiger partial charge in [-0.15, -0.1) is 5.10 Å². The SMILES string of the molecule is Clc1ccc(-c2cn3nc(N4CCCC(N5CCCC5)CC4)sc3n2)cc1. The maximum Gasteiger partial charge on any atom is 0.214 e. The third-order valence-electron chi connectivity index (χ3n) is 5.80. The second-order valence-electron chi connectivity index (χ2n) is 7.56. The Morgan fingerprint density at radius 3 is 2.56 bits per heavy atom. The van der Waals surface area contributed by atoms with Gasteiger partial charge in [0.2, 0.25) is 10.1 Å². The van der Waals surface area contributed by atoms with Crippen LogP contribution in [0.4, 0.5) is 5.13 Å². The van der Waals surface area contributed by atoms with Crippen LogP contribution in [-0.4, -0.2) is 51.7 Å². The second kappa shape index (κ2) is 7.41. The van der Waals surface area contributed by atoms with Crippen LogP contribution in [0, 0.1) is 0 Å². The minimum Gasteiger partial charge on any atom is -0.347 e. The van der Waals surface area contributed by atoms with Crippen LogP contribution in [0.1, 0.15) is 32.1 Å². The monoisotopic (exact) mass is 401 g/mol. The lowest BCUT2D eigenvalue weighted by Crippen LogP contribution is -2.33. The van der Waals surface area contributed by atoms with Gasteiger partial charge in [0, 0.05) is 29.7 Å². The number of likely N-dealkylation sites (tertiary alicyclic amines) is 1. The van der Waals surface area contributed by atoms with Crippen LogP contribution in [0.25, 0.3) is 16.2 Å². The molecule has 0 bridgehead atoms. The number of imidazole rings is 1. The van der Waals surface area contributed by atoms with Gasteiger partial charge in [0.05, 0.1) is 11.9 Å². The standard InChI is InChI=1S/C20H24ClN5S/c21-16-7-5-15(6-8-16)18-14-26-19(22-18)27-20(23-26)25-12-3-4-17(9-13-25)24-10-1-2-11-24/h5-8,14,17H,1-4,9-13H2. The first-order valence-electron chi connectivity index (χ1n) is 9.87. The molecule has 1 atom stereocenters. The van der Waals surface area contributed by atoms with Crippen LogP contribution in [0.3, 0.4) is 0 Å². The molecule has 5 rings (SSSR count). The first kappa shape index (κ1) is 17.5. The molecule has 142 valence electrons. The van der Waals surface area contributed by atoms with E-state index in [0.29, 0.717) is 0 Å². The van der Waals surface area contributed by atoms with E-state index in [4.69, 9.17) is 21.7 Å². The number of fused-ring (bicyclic) bond motifs is 1. The normalized spacial score (nSPS) is 21.8. The molecular formula is C20H24ClN5S. The summed E-state index contributed by atoms with van der Waals surface area (Å²) < 4.78 is 1.92. The minimum absolute atomic E-state index is 0.744. The van der Waals surface area contributed by atoms with Crippen molar-refractivity contribution in [2.75, 3.05) is 31.1 Å². The van der Waals surface area contributed by atoms with E-state index in [0.717, 1.165) is 45.5 Å². The molecule has 0 saturated carbocycles. The number of rotatable bonds is 3. The summed E-state index contributed by atoms with van der Waals surface area (Å²) in [5.74, 6) is 0. The van der Waals surface area contributed by atoms with Gasteiger partial charge < -0.3 is 9.80 Å². The number of hydrogen-bond acceptors (Lipinski definition) is 5. The van der Waals surface area contributed by atoms with Gasteiger partial charge in [0.15, 0.2) is 0 Å². The van der Waals surface area contributed by atoms with E-state index < -0.39 is 0 Å². The molecule has 1 unspecified atom stereocenters. The zero-order valence-corrected chi connectivity index (χ0v) is 16.9. The molecule has 0 amide bonds. The van der Waals surface area contributed by atoms with Crippen molar-refractivity contribution in [3.8, 4) is 11.3 Å². The Kier molecular flexibility index (Phi) is 4.80. The van der Waals surface area contributed by atoms with E-state index in [-0.39, 0.29) is 0 Å². The maximum absolute atomic E-state index is 5.98. The summed E-state index contributed by atoms with van der Waals surface area (Å²) in [4.78, 5) is 10.9. The summed E-state index contributed by atoms with van der Waals surface area (Å²) in [6, 6.07) is 8.57. The van der Waals surface area contributed by atoms with E-state index in [9.17, 15) is 0 Å². The smallest absolute Gasteiger partial charge is 0.214 e. The van der Waals surface area contributed by atoms with Crippen molar-refractivity contribution >= 4 is 33.0 Å². The Bertz CT molecular complexity index is 881. The van der Waals surface area contributed by atoms with Crippen molar-refractivity contribution in [1.29, 1.82) is 0 Å². The van der Waals surface area contributed by atoms with Crippen LogP contribution >= 0.6 is 22.9 Å². The van der Waals surface area contributed by atoms with Gasteiger partial charge in [-0.3, -0.25) is 0 Å². The lowest BCUT2D eigenvalue weighted by atomic mass is 10.1. The third kappa shape index (κ3) is 3.58. The fourth-order valence-corrected chi connectivity index (χ4v) is 5.38. The van der Waals surface area contributed by atoms with Crippen LogP contribution in [-0.2, 0) is 0 Å². The lowest BCUT2D eigenvalue weighted by Gasteiger charge is -2.26. The largest absolute Gasteiger partial charge is 0.347 e. The molecule has 3 aromatic rings. The second-order valence-corrected chi connectivity index (χ2v) is 8.93. The van der Waals surface area contributed by atoms with Gasteiger partial charge in [-0.05, 0) is 57.3 Å². The zero-order chi connectivity index (χ0) is 18.2. The Hall–Kier alpha value is -1.63. The average Bonchev–Trinajstić information content (AvgIpc) is 3.36. The molecule has 2 aromatic heterocycles. The Morgan fingerprint density at radius 2 is 1.78 bits per heavy atom. The fourth-order valence-electron chi connectivity index (χ4n) is 4.32. The summed E-state index contributed by atoms with van der Waals surface area (Å²) in [5.41, 5.74) is 2.02. The zero-order valence-electron chi connectivity index (χ0n) is 15.4. The first-order valence-corrected chi connectivity index (χ1v) is 11.1. The first-order chi connectivity index (χ1) is 13.3. The van der Waals surface area contributed by atoms with Crippen molar-refractivity contribution in [3.05, 3.63) is 35.5 Å². The maximum atomic E-state index is 5.98. The molecule has 2 aliphatic rings. The van der Waals surface area contributed by atoms with E-state index >= 15 is 0 Å². The van der Waals surface area contributed by atoms with E-state index in [1.54, 1.807) is 11.3 Å². The van der Waals surface area contributed by atoms with Gasteiger partial charge in [0.1, 0.15) is 0 Å². The fraction of sp³-hybridized carbons (Fsp3) is 0.500. The van der Waals surface area contributed by atoms with Crippen LogP contribution in [0.2, 0.25) is 5.02 Å². The van der Waals surface area contributed by atoms with Crippen molar-refractivity contribution in [1.82, 2.24) is 19.5 Å². The molecule has 27 heavy (non-hydrogen) atoms. The molecule has 0 radical (unpaired) electrons. The van der Waals surface area contributed by atoms with Gasteiger partial charge in [0.25, 0.3) is 0 Å². The summed E-state index contributed by atoms with van der Waals surface area (Å²) in [6.45, 7) is 4.79. The van der Waals surface area contributed by atoms with Gasteiger partial charge in [-0.1, -0.05) is 35.1 Å². The molecule has 4 heterocycles. The molecule has 0 aliphatic carbocycles. The number of nitrogens with zero attached hydrogens (tertiary/aromatic N) is 5. The minimum atomic E-state index is 0.744. The molecule has 2 aliphatic heterocycles. The van der Waals surface area contributed by atoms with Crippen LogP contribution in [0.15, 0.2) is 30.5 Å². The number of benzene rings is 1. The lowest BCUT2D eigenvalue weighted by molar-refractivity contribution is 0.225. The molecule has 0 spiro atoms. The molecular weight excluding hydrogens is 378 g/mol. The Balaban J connectivity index is 1.31.